The first-order valence-corrected chi connectivity index (χ1v) is 15.4. The van der Waals surface area contributed by atoms with E-state index in [9.17, 15) is 14.7 Å². The minimum atomic E-state index is -0.446. The Morgan fingerprint density at radius 1 is 1.14 bits per heavy atom. The van der Waals surface area contributed by atoms with Crippen LogP contribution < -0.4 is 20.1 Å². The molecule has 10 heteroatoms. The number of hydrogen-bond acceptors (Lipinski definition) is 7. The van der Waals surface area contributed by atoms with E-state index in [2.05, 4.69) is 36.4 Å². The number of hydrogen-bond donors (Lipinski definition) is 3. The first-order chi connectivity index (χ1) is 20.6. The second kappa shape index (κ2) is 17.1. The molecule has 0 unspecified atom stereocenters. The van der Waals surface area contributed by atoms with Gasteiger partial charge in [0.2, 0.25) is 0 Å². The van der Waals surface area contributed by atoms with E-state index < -0.39 is 12.1 Å². The third-order valence-corrected chi connectivity index (χ3v) is 7.75. The van der Waals surface area contributed by atoms with E-state index in [-0.39, 0.29) is 30.6 Å². The van der Waals surface area contributed by atoms with Crippen molar-refractivity contribution in [2.75, 3.05) is 57.6 Å². The van der Waals surface area contributed by atoms with Crippen LogP contribution in [0.2, 0.25) is 0 Å². The van der Waals surface area contributed by atoms with Crippen LogP contribution in [0, 0.1) is 5.92 Å². The molecule has 3 amide bonds. The van der Waals surface area contributed by atoms with E-state index in [1.807, 2.05) is 13.8 Å². The van der Waals surface area contributed by atoms with Gasteiger partial charge in [-0.05, 0) is 95.6 Å². The number of methoxy groups -OCH3 is 1. The van der Waals surface area contributed by atoms with Crippen LogP contribution in [0.15, 0.2) is 42.5 Å². The van der Waals surface area contributed by atoms with Crippen LogP contribution in [0.3, 0.4) is 0 Å². The summed E-state index contributed by atoms with van der Waals surface area (Å²) in [6.07, 6.45) is 3.53. The zero-order chi connectivity index (χ0) is 31.4. The minimum absolute atomic E-state index is 0.0140. The van der Waals surface area contributed by atoms with Crippen molar-refractivity contribution in [1.29, 1.82) is 0 Å². The van der Waals surface area contributed by atoms with Crippen molar-refractivity contribution in [2.45, 2.75) is 71.6 Å². The summed E-state index contributed by atoms with van der Waals surface area (Å²) in [7, 11) is 3.68. The van der Waals surface area contributed by atoms with Crippen LogP contribution in [0.4, 0.5) is 16.2 Å². The molecule has 1 aliphatic heterocycles. The quantitative estimate of drug-likeness (QED) is 0.351. The maximum absolute atomic E-state index is 14.2. The number of ether oxygens (including phenoxy) is 3. The lowest BCUT2D eigenvalue weighted by Gasteiger charge is -2.35. The van der Waals surface area contributed by atoms with Crippen molar-refractivity contribution in [2.24, 2.45) is 5.92 Å². The lowest BCUT2D eigenvalue weighted by molar-refractivity contribution is -0.0167. The molecule has 0 radical (unpaired) electrons. The highest BCUT2D eigenvalue weighted by molar-refractivity contribution is 6.02. The minimum Gasteiger partial charge on any atom is -0.497 e. The standard InChI is InChI=1S/C33H50N4O6/c1-7-17-36(5)21-31-23(2)20-37(24(3)22-38)32(39)29-19-27(13-16-30(29)43-25(4)10-8-9-18-42-31)35-33(40)34-26-11-14-28(41-6)15-12-26/h11-16,19,23-25,31,38H,7-10,17-18,20-22H2,1-6H3,(H2,34,35,40)/t23-,24+,25-,31-/m1/s1. The van der Waals surface area contributed by atoms with E-state index in [1.54, 1.807) is 54.5 Å². The fourth-order valence-corrected chi connectivity index (χ4v) is 5.21. The van der Waals surface area contributed by atoms with E-state index in [1.165, 1.54) is 0 Å². The Morgan fingerprint density at radius 2 is 1.84 bits per heavy atom. The van der Waals surface area contributed by atoms with Crippen molar-refractivity contribution in [1.82, 2.24) is 9.80 Å². The molecule has 0 saturated carbocycles. The molecule has 0 saturated heterocycles. The van der Waals surface area contributed by atoms with Crippen molar-refractivity contribution in [3.8, 4) is 11.5 Å². The SMILES string of the molecule is CCCN(C)C[C@H]1OCCCC[C@@H](C)Oc2ccc(NC(=O)Nc3ccc(OC)cc3)cc2C(=O)N([C@@H](C)CO)C[C@H]1C. The molecule has 0 bridgehead atoms. The number of carbonyl (C=O) groups is 2. The molecule has 3 N–H and O–H groups in total. The zero-order valence-electron chi connectivity index (χ0n) is 26.6. The first kappa shape index (κ1) is 34.2. The largest absolute Gasteiger partial charge is 0.497 e. The smallest absolute Gasteiger partial charge is 0.323 e. The van der Waals surface area contributed by atoms with Crippen molar-refractivity contribution < 1.29 is 28.9 Å². The Hall–Kier alpha value is -3.34. The van der Waals surface area contributed by atoms with Crippen molar-refractivity contribution >= 4 is 23.3 Å². The number of carbonyl (C=O) groups excluding carboxylic acids is 2. The molecule has 3 rings (SSSR count). The Balaban J connectivity index is 1.90. The zero-order valence-corrected chi connectivity index (χ0v) is 26.6. The summed E-state index contributed by atoms with van der Waals surface area (Å²) >= 11 is 0. The summed E-state index contributed by atoms with van der Waals surface area (Å²) < 4.78 is 17.9. The highest BCUT2D eigenvalue weighted by Gasteiger charge is 2.30. The molecular formula is C33H50N4O6. The van der Waals surface area contributed by atoms with Gasteiger partial charge in [0.05, 0.1) is 37.5 Å². The normalized spacial score (nSPS) is 20.9. The molecule has 10 nitrogen and oxygen atoms in total. The van der Waals surface area contributed by atoms with Gasteiger partial charge in [0.25, 0.3) is 5.91 Å². The predicted octanol–water partition coefficient (Wildman–Crippen LogP) is 5.48. The molecule has 0 spiro atoms. The second-order valence-corrected chi connectivity index (χ2v) is 11.6. The number of amides is 3. The van der Waals surface area contributed by atoms with Gasteiger partial charge in [-0.15, -0.1) is 0 Å². The number of rotatable bonds is 9. The van der Waals surface area contributed by atoms with Crippen LogP contribution in [0.1, 0.15) is 63.7 Å². The second-order valence-electron chi connectivity index (χ2n) is 11.6. The van der Waals surface area contributed by atoms with Crippen LogP contribution in [0.5, 0.6) is 11.5 Å². The molecule has 0 aromatic heterocycles. The Bertz CT molecular complexity index is 1160. The average Bonchev–Trinajstić information content (AvgIpc) is 2.99. The van der Waals surface area contributed by atoms with Gasteiger partial charge in [-0.2, -0.15) is 0 Å². The maximum atomic E-state index is 14.2. The predicted molar refractivity (Wildman–Crippen MR) is 170 cm³/mol. The van der Waals surface area contributed by atoms with Gasteiger partial charge < -0.3 is 39.8 Å². The molecule has 238 valence electrons. The average molecular weight is 599 g/mol. The van der Waals surface area contributed by atoms with E-state index >= 15 is 0 Å². The lowest BCUT2D eigenvalue weighted by atomic mass is 10.0. The van der Waals surface area contributed by atoms with Gasteiger partial charge in [0, 0.05) is 37.0 Å². The Morgan fingerprint density at radius 3 is 2.51 bits per heavy atom. The summed E-state index contributed by atoms with van der Waals surface area (Å²) in [5.74, 6) is 0.883. The molecule has 2 aromatic rings. The highest BCUT2D eigenvalue weighted by atomic mass is 16.5. The number of nitrogens with one attached hydrogen (secondary N) is 2. The molecule has 4 atom stereocenters. The fourth-order valence-electron chi connectivity index (χ4n) is 5.21. The molecule has 43 heavy (non-hydrogen) atoms. The third-order valence-electron chi connectivity index (χ3n) is 7.75. The monoisotopic (exact) mass is 598 g/mol. The molecule has 2 aromatic carbocycles. The summed E-state index contributed by atoms with van der Waals surface area (Å²) in [6, 6.07) is 11.2. The van der Waals surface area contributed by atoms with Crippen molar-refractivity contribution in [3.05, 3.63) is 48.0 Å². The van der Waals surface area contributed by atoms with Crippen LogP contribution in [-0.4, -0.2) is 92.1 Å². The van der Waals surface area contributed by atoms with E-state index in [0.29, 0.717) is 41.6 Å². The Kier molecular flexibility index (Phi) is 13.6. The number of urea groups is 1. The van der Waals surface area contributed by atoms with Crippen LogP contribution >= 0.6 is 0 Å². The maximum Gasteiger partial charge on any atom is 0.323 e. The van der Waals surface area contributed by atoms with Crippen LogP contribution in [0.25, 0.3) is 0 Å². The lowest BCUT2D eigenvalue weighted by Crippen LogP contribution is -2.47. The molecule has 1 aliphatic rings. The van der Waals surface area contributed by atoms with Gasteiger partial charge in [-0.1, -0.05) is 13.8 Å². The van der Waals surface area contributed by atoms with E-state index in [0.717, 1.165) is 38.8 Å². The number of nitrogens with zero attached hydrogens (tertiary/aromatic N) is 2. The van der Waals surface area contributed by atoms with E-state index in [4.69, 9.17) is 14.2 Å². The van der Waals surface area contributed by atoms with Gasteiger partial charge in [-0.25, -0.2) is 4.79 Å². The number of aliphatic hydroxyl groups excluding tert-OH is 1. The summed E-state index contributed by atoms with van der Waals surface area (Å²) in [6.45, 7) is 10.7. The first-order valence-electron chi connectivity index (χ1n) is 15.4. The van der Waals surface area contributed by atoms with Gasteiger partial charge in [-0.3, -0.25) is 4.79 Å². The number of aliphatic hydroxyl groups is 1. The molecular weight excluding hydrogens is 548 g/mol. The summed E-state index contributed by atoms with van der Waals surface area (Å²) in [5, 5.41) is 15.8. The Labute approximate surface area is 256 Å². The number of anilines is 2. The van der Waals surface area contributed by atoms with Gasteiger partial charge in [0.1, 0.15) is 11.5 Å². The van der Waals surface area contributed by atoms with Crippen LogP contribution in [-0.2, 0) is 4.74 Å². The number of benzene rings is 2. The van der Waals surface area contributed by atoms with Gasteiger partial charge in [0.15, 0.2) is 0 Å². The highest BCUT2D eigenvalue weighted by Crippen LogP contribution is 2.29. The third kappa shape index (κ3) is 10.4. The number of fused-ring (bicyclic) bond motifs is 1. The molecule has 0 aliphatic carbocycles. The van der Waals surface area contributed by atoms with Crippen molar-refractivity contribution in [3.63, 3.8) is 0 Å². The molecule has 1 heterocycles. The fraction of sp³-hybridized carbons (Fsp3) is 0.576. The number of likely N-dealkylation sites (N-methyl/N-ethyl adjacent to an activating group) is 1. The topological polar surface area (TPSA) is 113 Å². The molecule has 0 fully saturated rings. The van der Waals surface area contributed by atoms with Gasteiger partial charge >= 0.3 is 6.03 Å². The summed E-state index contributed by atoms with van der Waals surface area (Å²) in [4.78, 5) is 31.0. The summed E-state index contributed by atoms with van der Waals surface area (Å²) in [5.41, 5.74) is 1.38.